The Hall–Kier alpha value is -3.49. The molecule has 10 heteroatoms. The number of aromatic nitrogens is 5. The molecular formula is C24H21Cl2FN6O. The largest absolute Gasteiger partial charge is 0.382 e. The molecule has 5 rings (SSSR count). The zero-order chi connectivity index (χ0) is 24.4. The van der Waals surface area contributed by atoms with Gasteiger partial charge < -0.3 is 10.7 Å². The van der Waals surface area contributed by atoms with E-state index in [1.807, 2.05) is 32.0 Å². The second-order valence-corrected chi connectivity index (χ2v) is 8.51. The number of nitrogens with two attached hydrogens (primary N) is 1. The van der Waals surface area contributed by atoms with Gasteiger partial charge in [0.1, 0.15) is 17.7 Å². The van der Waals surface area contributed by atoms with Gasteiger partial charge in [-0.25, -0.2) is 19.3 Å². The van der Waals surface area contributed by atoms with E-state index in [0.717, 1.165) is 17.7 Å². The number of halogens is 3. The number of fused-ring (bicyclic) bond motifs is 2. The summed E-state index contributed by atoms with van der Waals surface area (Å²) in [5.74, 6) is -0.166. The van der Waals surface area contributed by atoms with Gasteiger partial charge in [-0.15, -0.1) is 0 Å². The lowest BCUT2D eigenvalue weighted by atomic mass is 10.1. The van der Waals surface area contributed by atoms with Crippen molar-refractivity contribution in [3.05, 3.63) is 86.5 Å². The summed E-state index contributed by atoms with van der Waals surface area (Å²) in [6, 6.07) is 10.2. The number of benzene rings is 2. The van der Waals surface area contributed by atoms with Crippen molar-refractivity contribution in [3.63, 3.8) is 0 Å². The molecule has 174 valence electrons. The second-order valence-electron chi connectivity index (χ2n) is 7.70. The number of pyridine rings is 1. The molecule has 2 aromatic carbocycles. The van der Waals surface area contributed by atoms with Crippen LogP contribution in [0.25, 0.3) is 27.6 Å². The Kier molecular flexibility index (Phi) is 6.81. The lowest BCUT2D eigenvalue weighted by molar-refractivity contribution is 0.630. The van der Waals surface area contributed by atoms with Crippen LogP contribution in [0, 0.1) is 12.7 Å². The van der Waals surface area contributed by atoms with Gasteiger partial charge in [-0.2, -0.15) is 0 Å². The molecule has 3 heterocycles. The lowest BCUT2D eigenvalue weighted by Crippen LogP contribution is -2.22. The molecule has 0 radical (unpaired) electrons. The SMILES string of the molecule is CCCc1cc2ccc(F)c(Cl)c2c(=O)n1-c1cc(C)cc(Cl)c1.Nc1ncnc2nc[nH]c12. The van der Waals surface area contributed by atoms with Crippen molar-refractivity contribution in [1.82, 2.24) is 24.5 Å². The van der Waals surface area contributed by atoms with Crippen molar-refractivity contribution in [1.29, 1.82) is 0 Å². The number of nitrogens with zero attached hydrogens (tertiary/aromatic N) is 4. The molecule has 3 aromatic heterocycles. The maximum absolute atomic E-state index is 13.8. The molecule has 0 spiro atoms. The molecule has 0 amide bonds. The first-order valence-corrected chi connectivity index (χ1v) is 11.3. The molecule has 3 N–H and O–H groups in total. The van der Waals surface area contributed by atoms with Crippen LogP contribution in [0.5, 0.6) is 0 Å². The van der Waals surface area contributed by atoms with Gasteiger partial charge in [0.25, 0.3) is 5.56 Å². The third kappa shape index (κ3) is 4.60. The van der Waals surface area contributed by atoms with E-state index >= 15 is 0 Å². The van der Waals surface area contributed by atoms with Crippen LogP contribution >= 0.6 is 23.2 Å². The molecule has 0 unspecified atom stereocenters. The minimum Gasteiger partial charge on any atom is -0.382 e. The summed E-state index contributed by atoms with van der Waals surface area (Å²) in [5.41, 5.74) is 8.90. The summed E-state index contributed by atoms with van der Waals surface area (Å²) in [4.78, 5) is 27.5. The molecule has 0 aliphatic heterocycles. The molecule has 0 fully saturated rings. The van der Waals surface area contributed by atoms with E-state index in [1.54, 1.807) is 16.7 Å². The first-order valence-electron chi connectivity index (χ1n) is 10.5. The highest BCUT2D eigenvalue weighted by atomic mass is 35.5. The fraction of sp³-hybridized carbons (Fsp3) is 0.167. The first kappa shape index (κ1) is 23.7. The van der Waals surface area contributed by atoms with Crippen molar-refractivity contribution in [3.8, 4) is 5.69 Å². The number of aromatic amines is 1. The third-order valence-corrected chi connectivity index (χ3v) is 5.78. The summed E-state index contributed by atoms with van der Waals surface area (Å²) in [5, 5.41) is 1.23. The zero-order valence-corrected chi connectivity index (χ0v) is 20.0. The molecule has 0 aliphatic rings. The van der Waals surface area contributed by atoms with Crippen LogP contribution in [-0.4, -0.2) is 24.5 Å². The number of rotatable bonds is 3. The number of hydrogen-bond donors (Lipinski definition) is 2. The van der Waals surface area contributed by atoms with Crippen LogP contribution in [0.4, 0.5) is 10.2 Å². The van der Waals surface area contributed by atoms with Gasteiger partial charge in [-0.1, -0.05) is 42.6 Å². The number of H-pyrrole nitrogens is 1. The van der Waals surface area contributed by atoms with Crippen LogP contribution in [-0.2, 0) is 6.42 Å². The molecule has 0 atom stereocenters. The molecule has 0 saturated carbocycles. The fourth-order valence-corrected chi connectivity index (χ4v) is 4.28. The summed E-state index contributed by atoms with van der Waals surface area (Å²) in [6.45, 7) is 3.95. The van der Waals surface area contributed by atoms with Crippen LogP contribution < -0.4 is 11.3 Å². The van der Waals surface area contributed by atoms with Crippen molar-refractivity contribution in [2.24, 2.45) is 0 Å². The molecule has 7 nitrogen and oxygen atoms in total. The summed E-state index contributed by atoms with van der Waals surface area (Å²) in [7, 11) is 0. The van der Waals surface area contributed by atoms with E-state index < -0.39 is 5.82 Å². The molecule has 0 aliphatic carbocycles. The molecule has 5 aromatic rings. The van der Waals surface area contributed by atoms with Gasteiger partial charge in [0, 0.05) is 10.7 Å². The third-order valence-electron chi connectivity index (χ3n) is 5.20. The van der Waals surface area contributed by atoms with Gasteiger partial charge in [-0.05, 0) is 54.6 Å². The Morgan fingerprint density at radius 1 is 1.12 bits per heavy atom. The average molecular weight is 499 g/mol. The summed E-state index contributed by atoms with van der Waals surface area (Å²) < 4.78 is 15.4. The van der Waals surface area contributed by atoms with E-state index in [-0.39, 0.29) is 16.0 Å². The number of aryl methyl sites for hydroxylation is 2. The standard InChI is InChI=1S/C19H16Cl2FNO.C5H5N5/c1-3-4-14-9-12-5-6-16(22)18(21)17(12)19(24)23(14)15-8-11(2)7-13(20)10-15;6-4-3-5(9-1-7-3)10-2-8-4/h5-10H,3-4H2,1-2H3;1-2H,(H3,6,7,8,9,10). The monoisotopic (exact) mass is 498 g/mol. The molecule has 0 saturated heterocycles. The van der Waals surface area contributed by atoms with Crippen molar-refractivity contribution in [2.45, 2.75) is 26.7 Å². The number of anilines is 1. The molecule has 0 bridgehead atoms. The van der Waals surface area contributed by atoms with Crippen molar-refractivity contribution in [2.75, 3.05) is 5.73 Å². The predicted molar refractivity (Wildman–Crippen MR) is 134 cm³/mol. The van der Waals surface area contributed by atoms with Gasteiger partial charge in [0.15, 0.2) is 11.5 Å². The Morgan fingerprint density at radius 2 is 1.91 bits per heavy atom. The van der Waals surface area contributed by atoms with E-state index in [9.17, 15) is 9.18 Å². The quantitative estimate of drug-likeness (QED) is 0.335. The van der Waals surface area contributed by atoms with Gasteiger partial charge >= 0.3 is 0 Å². The predicted octanol–water partition coefficient (Wildman–Crippen LogP) is 5.63. The number of nitrogens with one attached hydrogen (secondary N) is 1. The van der Waals surface area contributed by atoms with Crippen molar-refractivity contribution >= 4 is 51.0 Å². The number of nitrogen functional groups attached to an aromatic ring is 1. The normalized spacial score (nSPS) is 11.0. The Morgan fingerprint density at radius 3 is 2.62 bits per heavy atom. The fourth-order valence-electron chi connectivity index (χ4n) is 3.74. The summed E-state index contributed by atoms with van der Waals surface area (Å²) in [6.07, 6.45) is 4.51. The number of imidazole rings is 1. The van der Waals surface area contributed by atoms with Gasteiger partial charge in [-0.3, -0.25) is 9.36 Å². The van der Waals surface area contributed by atoms with Crippen LogP contribution in [0.1, 0.15) is 24.6 Å². The zero-order valence-electron chi connectivity index (χ0n) is 18.4. The highest BCUT2D eigenvalue weighted by Crippen LogP contribution is 2.27. The van der Waals surface area contributed by atoms with Crippen molar-refractivity contribution < 1.29 is 4.39 Å². The van der Waals surface area contributed by atoms with E-state index in [2.05, 4.69) is 19.9 Å². The van der Waals surface area contributed by atoms with Crippen LogP contribution in [0.15, 0.2) is 53.8 Å². The minimum atomic E-state index is -0.599. The van der Waals surface area contributed by atoms with Gasteiger partial charge in [0.2, 0.25) is 0 Å². The molecular weight excluding hydrogens is 478 g/mol. The minimum absolute atomic E-state index is 0.145. The van der Waals surface area contributed by atoms with E-state index in [0.29, 0.717) is 39.5 Å². The first-order chi connectivity index (χ1) is 16.3. The lowest BCUT2D eigenvalue weighted by Gasteiger charge is -2.16. The maximum Gasteiger partial charge on any atom is 0.264 e. The Labute approximate surface area is 204 Å². The van der Waals surface area contributed by atoms with Crippen LogP contribution in [0.2, 0.25) is 10.0 Å². The number of hydrogen-bond acceptors (Lipinski definition) is 5. The smallest absolute Gasteiger partial charge is 0.264 e. The highest BCUT2D eigenvalue weighted by Gasteiger charge is 2.16. The van der Waals surface area contributed by atoms with Crippen LogP contribution in [0.3, 0.4) is 0 Å². The highest BCUT2D eigenvalue weighted by molar-refractivity contribution is 6.35. The molecule has 34 heavy (non-hydrogen) atoms. The Bertz CT molecular complexity index is 1540. The maximum atomic E-state index is 13.8. The average Bonchev–Trinajstić information content (AvgIpc) is 3.27. The van der Waals surface area contributed by atoms with Gasteiger partial charge in [0.05, 0.1) is 22.4 Å². The summed E-state index contributed by atoms with van der Waals surface area (Å²) >= 11 is 12.2. The van der Waals surface area contributed by atoms with E-state index in [1.165, 1.54) is 18.7 Å². The Balaban J connectivity index is 0.000000226. The topological polar surface area (TPSA) is 102 Å². The van der Waals surface area contributed by atoms with E-state index in [4.69, 9.17) is 28.9 Å². The second kappa shape index (κ2) is 9.79.